The van der Waals surface area contributed by atoms with E-state index < -0.39 is 24.0 Å². The zero-order valence-corrected chi connectivity index (χ0v) is 12.1. The van der Waals surface area contributed by atoms with Gasteiger partial charge in [-0.3, -0.25) is 9.59 Å². The summed E-state index contributed by atoms with van der Waals surface area (Å²) in [5.41, 5.74) is 5.33. The zero-order chi connectivity index (χ0) is 16.3. The number of carbonyl (C=O) groups excluding carboxylic acids is 2. The van der Waals surface area contributed by atoms with Gasteiger partial charge in [0.2, 0.25) is 11.8 Å². The fourth-order valence-corrected chi connectivity index (χ4v) is 2.04. The van der Waals surface area contributed by atoms with Crippen molar-refractivity contribution in [2.75, 3.05) is 6.61 Å². The minimum absolute atomic E-state index is 0.138. The van der Waals surface area contributed by atoms with Crippen LogP contribution in [-0.4, -0.2) is 39.2 Å². The quantitative estimate of drug-likeness (QED) is 0.513. The van der Waals surface area contributed by atoms with Crippen LogP contribution in [0.3, 0.4) is 0 Å². The average molecular weight is 304 g/mol. The van der Waals surface area contributed by atoms with Gasteiger partial charge in [-0.2, -0.15) is 0 Å². The highest BCUT2D eigenvalue weighted by molar-refractivity contribution is 5.94. The van der Waals surface area contributed by atoms with Gasteiger partial charge in [0.15, 0.2) is 0 Å². The molecule has 0 aliphatic heterocycles. The third-order valence-corrected chi connectivity index (χ3v) is 3.52. The first-order valence-electron chi connectivity index (χ1n) is 6.71. The molecular formula is C15H18N3O4. The van der Waals surface area contributed by atoms with Gasteiger partial charge in [0.05, 0.1) is 13.0 Å². The van der Waals surface area contributed by atoms with Crippen LogP contribution in [0.15, 0.2) is 24.4 Å². The summed E-state index contributed by atoms with van der Waals surface area (Å²) in [5.74, 6) is -1.18. The van der Waals surface area contributed by atoms with Gasteiger partial charge in [-0.15, -0.1) is 0 Å². The Kier molecular flexibility index (Phi) is 4.37. The highest BCUT2D eigenvalue weighted by Gasteiger charge is 2.31. The number of H-pyrrole nitrogens is 1. The molecule has 0 saturated heterocycles. The number of hydrogen-bond acceptors (Lipinski definition) is 4. The van der Waals surface area contributed by atoms with Crippen LogP contribution in [0.25, 0.3) is 10.9 Å². The number of phenols is 1. The fourth-order valence-electron chi connectivity index (χ4n) is 2.04. The van der Waals surface area contributed by atoms with E-state index >= 15 is 0 Å². The second-order valence-corrected chi connectivity index (χ2v) is 5.30. The molecule has 2 rings (SSSR count). The van der Waals surface area contributed by atoms with Crippen LogP contribution in [0.4, 0.5) is 0 Å². The molecule has 1 heterocycles. The summed E-state index contributed by atoms with van der Waals surface area (Å²) in [6.45, 7) is 0.772. The number of nitrogens with one attached hydrogen (secondary N) is 2. The lowest BCUT2D eigenvalue weighted by Crippen LogP contribution is -2.58. The first kappa shape index (κ1) is 15.8. The van der Waals surface area contributed by atoms with Crippen molar-refractivity contribution >= 4 is 22.7 Å². The Morgan fingerprint density at radius 3 is 2.82 bits per heavy atom. The summed E-state index contributed by atoms with van der Waals surface area (Å²) in [6, 6.07) is 4.91. The molecule has 0 aliphatic carbocycles. The number of amides is 2. The molecule has 0 fully saturated rings. The molecule has 0 spiro atoms. The lowest BCUT2D eigenvalue weighted by atomic mass is 10.0. The summed E-state index contributed by atoms with van der Waals surface area (Å²) >= 11 is 0. The van der Waals surface area contributed by atoms with E-state index in [1.165, 1.54) is 13.3 Å². The van der Waals surface area contributed by atoms with E-state index in [1.54, 1.807) is 24.4 Å². The molecule has 22 heavy (non-hydrogen) atoms. The first-order chi connectivity index (χ1) is 10.4. The van der Waals surface area contributed by atoms with E-state index in [2.05, 4.69) is 10.3 Å². The number of fused-ring (bicyclic) bond motifs is 1. The molecule has 2 aromatic rings. The Bertz CT molecular complexity index is 710. The predicted octanol–water partition coefficient (Wildman–Crippen LogP) is -0.0272. The third-order valence-electron chi connectivity index (χ3n) is 3.52. The molecule has 1 aromatic carbocycles. The number of aliphatic hydroxyl groups is 1. The van der Waals surface area contributed by atoms with Crippen LogP contribution in [0.5, 0.6) is 5.75 Å². The van der Waals surface area contributed by atoms with Crippen LogP contribution in [0, 0.1) is 6.42 Å². The number of primary amides is 1. The van der Waals surface area contributed by atoms with Crippen molar-refractivity contribution in [2.24, 2.45) is 5.73 Å². The number of rotatable bonds is 6. The zero-order valence-electron chi connectivity index (χ0n) is 12.1. The van der Waals surface area contributed by atoms with Crippen LogP contribution >= 0.6 is 0 Å². The van der Waals surface area contributed by atoms with Gasteiger partial charge >= 0.3 is 0 Å². The third kappa shape index (κ3) is 3.20. The monoisotopic (exact) mass is 304 g/mol. The molecule has 2 amide bonds. The Morgan fingerprint density at radius 1 is 1.45 bits per heavy atom. The first-order valence-corrected chi connectivity index (χ1v) is 6.71. The van der Waals surface area contributed by atoms with Crippen molar-refractivity contribution in [2.45, 2.75) is 18.9 Å². The van der Waals surface area contributed by atoms with Crippen molar-refractivity contribution < 1.29 is 19.8 Å². The van der Waals surface area contributed by atoms with E-state index in [0.29, 0.717) is 6.42 Å². The molecule has 117 valence electrons. The van der Waals surface area contributed by atoms with Crippen LogP contribution in [0.2, 0.25) is 0 Å². The lowest BCUT2D eigenvalue weighted by molar-refractivity contribution is -0.131. The summed E-state index contributed by atoms with van der Waals surface area (Å²) < 4.78 is 0. The number of benzene rings is 1. The van der Waals surface area contributed by atoms with E-state index in [0.717, 1.165) is 16.5 Å². The summed E-state index contributed by atoms with van der Waals surface area (Å²) in [5, 5.41) is 21.9. The maximum absolute atomic E-state index is 11.9. The van der Waals surface area contributed by atoms with Crippen molar-refractivity contribution in [3.05, 3.63) is 36.4 Å². The normalized spacial score (nSPS) is 13.7. The van der Waals surface area contributed by atoms with Gasteiger partial charge in [-0.05, 0) is 37.1 Å². The number of aromatic nitrogens is 1. The molecule has 1 atom stereocenters. The number of hydrogen-bond donors (Lipinski definition) is 5. The number of phenolic OH excluding ortho intramolecular Hbond substituents is 1. The Labute approximate surface area is 127 Å². The van der Waals surface area contributed by atoms with Crippen molar-refractivity contribution in [1.82, 2.24) is 10.3 Å². The predicted molar refractivity (Wildman–Crippen MR) is 80.8 cm³/mol. The molecule has 1 aromatic heterocycles. The highest BCUT2D eigenvalue weighted by Crippen LogP contribution is 2.23. The number of nitrogens with two attached hydrogens (primary N) is 1. The minimum atomic E-state index is -1.49. The van der Waals surface area contributed by atoms with Gasteiger partial charge in [-0.25, -0.2) is 0 Å². The highest BCUT2D eigenvalue weighted by atomic mass is 16.3. The van der Waals surface area contributed by atoms with Crippen molar-refractivity contribution in [1.29, 1.82) is 0 Å². The number of aromatic amines is 1. The van der Waals surface area contributed by atoms with Crippen molar-refractivity contribution in [3.63, 3.8) is 0 Å². The molecular weight excluding hydrogens is 286 g/mol. The average Bonchev–Trinajstić information content (AvgIpc) is 2.87. The number of aromatic hydroxyl groups is 1. The summed E-state index contributed by atoms with van der Waals surface area (Å²) in [6.07, 6.45) is 3.40. The van der Waals surface area contributed by atoms with Gasteiger partial charge in [0.1, 0.15) is 11.3 Å². The van der Waals surface area contributed by atoms with Gasteiger partial charge in [0.25, 0.3) is 0 Å². The van der Waals surface area contributed by atoms with Crippen molar-refractivity contribution in [3.8, 4) is 5.75 Å². The SMILES string of the molecule is C[C@@](CO)(NC(=O)[CH]Cc1c[nH]c2ccc(O)cc12)C(N)=O. The minimum Gasteiger partial charge on any atom is -0.508 e. The molecule has 0 aliphatic rings. The van der Waals surface area contributed by atoms with Gasteiger partial charge in [0, 0.05) is 17.1 Å². The smallest absolute Gasteiger partial charge is 0.245 e. The van der Waals surface area contributed by atoms with E-state index in [1.807, 2.05) is 0 Å². The number of aliphatic hydroxyl groups excluding tert-OH is 1. The van der Waals surface area contributed by atoms with Gasteiger partial charge in [-0.1, -0.05) is 0 Å². The van der Waals surface area contributed by atoms with E-state index in [9.17, 15) is 14.7 Å². The second-order valence-electron chi connectivity index (χ2n) is 5.30. The Balaban J connectivity index is 2.04. The fraction of sp³-hybridized carbons (Fsp3) is 0.267. The van der Waals surface area contributed by atoms with Crippen LogP contribution < -0.4 is 11.1 Å². The molecule has 7 nitrogen and oxygen atoms in total. The van der Waals surface area contributed by atoms with E-state index in [4.69, 9.17) is 10.8 Å². The summed E-state index contributed by atoms with van der Waals surface area (Å²) in [4.78, 5) is 26.1. The Morgan fingerprint density at radius 2 is 2.18 bits per heavy atom. The van der Waals surface area contributed by atoms with Crippen LogP contribution in [0.1, 0.15) is 12.5 Å². The number of carbonyl (C=O) groups is 2. The molecule has 0 saturated carbocycles. The molecule has 1 radical (unpaired) electrons. The molecule has 0 bridgehead atoms. The van der Waals surface area contributed by atoms with Crippen LogP contribution in [-0.2, 0) is 16.0 Å². The van der Waals surface area contributed by atoms with E-state index in [-0.39, 0.29) is 5.75 Å². The maximum atomic E-state index is 11.9. The topological polar surface area (TPSA) is 128 Å². The second kappa shape index (κ2) is 6.07. The molecule has 6 N–H and O–H groups in total. The van der Waals surface area contributed by atoms with Gasteiger partial charge < -0.3 is 26.2 Å². The largest absolute Gasteiger partial charge is 0.508 e. The summed E-state index contributed by atoms with van der Waals surface area (Å²) in [7, 11) is 0. The molecule has 7 heteroatoms. The Hall–Kier alpha value is -2.54. The standard InChI is InChI=1S/C15H18N3O4/c1-15(8-19,14(16)22)18-13(21)5-2-9-7-17-12-4-3-10(20)6-11(9)12/h3-7,17,19-20H,2,8H2,1H3,(H2,16,22)(H,18,21)/t15-/m0/s1. The lowest BCUT2D eigenvalue weighted by Gasteiger charge is -2.24. The molecule has 0 unspecified atom stereocenters. The maximum Gasteiger partial charge on any atom is 0.245 e.